The molecule has 1 N–H and O–H groups in total. The average molecular weight is 308 g/mol. The van der Waals surface area contributed by atoms with Crippen molar-refractivity contribution in [2.75, 3.05) is 11.1 Å². The van der Waals surface area contributed by atoms with Gasteiger partial charge >= 0.3 is 0 Å². The number of hydrogen-bond acceptors (Lipinski definition) is 5. The van der Waals surface area contributed by atoms with Crippen molar-refractivity contribution < 1.29 is 17.7 Å². The zero-order chi connectivity index (χ0) is 15.5. The van der Waals surface area contributed by atoms with Gasteiger partial charge in [0.1, 0.15) is 11.5 Å². The first kappa shape index (κ1) is 15.2. The predicted octanol–water partition coefficient (Wildman–Crippen LogP) is 1.84. The molecular formula is C14H16N2O4S. The number of benzene rings is 1. The number of anilines is 1. The van der Waals surface area contributed by atoms with Crippen LogP contribution in [-0.2, 0) is 20.4 Å². The number of carbonyl (C=O) groups is 1. The van der Waals surface area contributed by atoms with Crippen LogP contribution in [0.3, 0.4) is 0 Å². The van der Waals surface area contributed by atoms with Gasteiger partial charge in [-0.25, -0.2) is 8.42 Å². The van der Waals surface area contributed by atoms with Crippen LogP contribution in [0.15, 0.2) is 34.9 Å². The predicted molar refractivity (Wildman–Crippen MR) is 78.5 cm³/mol. The third kappa shape index (κ3) is 4.42. The molecule has 2 rings (SSSR count). The lowest BCUT2D eigenvalue weighted by Gasteiger charge is -2.07. The molecule has 7 heteroatoms. The molecule has 0 aliphatic rings. The van der Waals surface area contributed by atoms with Crippen LogP contribution in [0.25, 0.3) is 0 Å². The van der Waals surface area contributed by atoms with Gasteiger partial charge in [0.25, 0.3) is 0 Å². The highest BCUT2D eigenvalue weighted by atomic mass is 32.2. The zero-order valence-electron chi connectivity index (χ0n) is 11.8. The van der Waals surface area contributed by atoms with Gasteiger partial charge in [0.15, 0.2) is 15.7 Å². The fraction of sp³-hybridized carbons (Fsp3) is 0.286. The van der Waals surface area contributed by atoms with Crippen LogP contribution in [0.5, 0.6) is 0 Å². The maximum atomic E-state index is 12.1. The van der Waals surface area contributed by atoms with Crippen molar-refractivity contribution in [2.45, 2.75) is 19.6 Å². The van der Waals surface area contributed by atoms with Gasteiger partial charge in [0, 0.05) is 6.07 Å². The summed E-state index contributed by atoms with van der Waals surface area (Å²) in [5, 5.41) is 5.98. The summed E-state index contributed by atoms with van der Waals surface area (Å²) < 4.78 is 28.9. The van der Waals surface area contributed by atoms with E-state index in [1.807, 2.05) is 19.1 Å². The Balaban J connectivity index is 2.00. The lowest BCUT2D eigenvalue weighted by atomic mass is 10.1. The molecule has 112 valence electrons. The minimum Gasteiger partial charge on any atom is -0.360 e. The van der Waals surface area contributed by atoms with Gasteiger partial charge in [-0.15, -0.1) is 0 Å². The second kappa shape index (κ2) is 6.09. The van der Waals surface area contributed by atoms with Crippen LogP contribution in [0.1, 0.15) is 16.9 Å². The molecule has 0 saturated heterocycles. The van der Waals surface area contributed by atoms with E-state index in [1.165, 1.54) is 6.07 Å². The van der Waals surface area contributed by atoms with Gasteiger partial charge < -0.3 is 9.84 Å². The lowest BCUT2D eigenvalue weighted by molar-refractivity contribution is -0.113. The number of nitrogens with one attached hydrogen (secondary N) is 1. The fourth-order valence-corrected chi connectivity index (χ4v) is 3.24. The number of sulfone groups is 1. The molecule has 0 aliphatic carbocycles. The Morgan fingerprint density at radius 1 is 1.29 bits per heavy atom. The highest BCUT2D eigenvalue weighted by Crippen LogP contribution is 2.12. The van der Waals surface area contributed by atoms with E-state index in [0.717, 1.165) is 5.56 Å². The molecule has 0 saturated carbocycles. The normalized spacial score (nSPS) is 11.3. The van der Waals surface area contributed by atoms with Gasteiger partial charge in [-0.1, -0.05) is 29.4 Å². The summed E-state index contributed by atoms with van der Waals surface area (Å²) in [5.74, 6) is -0.633. The second-order valence-electron chi connectivity index (χ2n) is 4.83. The number of rotatable bonds is 5. The van der Waals surface area contributed by atoms with Crippen LogP contribution >= 0.6 is 0 Å². The van der Waals surface area contributed by atoms with Crippen molar-refractivity contribution in [1.29, 1.82) is 0 Å². The molecule has 21 heavy (non-hydrogen) atoms. The summed E-state index contributed by atoms with van der Waals surface area (Å²) in [5.41, 5.74) is 1.58. The van der Waals surface area contributed by atoms with Crippen molar-refractivity contribution in [3.8, 4) is 0 Å². The van der Waals surface area contributed by atoms with E-state index >= 15 is 0 Å². The highest BCUT2D eigenvalue weighted by Gasteiger charge is 2.19. The summed E-state index contributed by atoms with van der Waals surface area (Å²) in [6, 6.07) is 8.71. The molecule has 0 radical (unpaired) electrons. The van der Waals surface area contributed by atoms with E-state index in [-0.39, 0.29) is 11.6 Å². The quantitative estimate of drug-likeness (QED) is 0.910. The average Bonchev–Trinajstić information content (AvgIpc) is 2.76. The first-order chi connectivity index (χ1) is 9.85. The molecule has 1 heterocycles. The van der Waals surface area contributed by atoms with E-state index in [2.05, 4.69) is 10.5 Å². The number of carbonyl (C=O) groups excluding carboxylic acids is 1. The van der Waals surface area contributed by atoms with E-state index in [1.54, 1.807) is 19.1 Å². The second-order valence-corrected chi connectivity index (χ2v) is 6.89. The molecule has 2 aromatic rings. The molecule has 6 nitrogen and oxygen atoms in total. The minimum atomic E-state index is -3.54. The summed E-state index contributed by atoms with van der Waals surface area (Å²) in [7, 11) is -3.54. The van der Waals surface area contributed by atoms with Crippen molar-refractivity contribution in [3.63, 3.8) is 0 Å². The van der Waals surface area contributed by atoms with Crippen LogP contribution in [0, 0.1) is 13.8 Å². The topological polar surface area (TPSA) is 89.3 Å². The third-order valence-corrected chi connectivity index (χ3v) is 4.34. The monoisotopic (exact) mass is 308 g/mol. The molecule has 0 bridgehead atoms. The van der Waals surface area contributed by atoms with Crippen LogP contribution in [0.2, 0.25) is 0 Å². The van der Waals surface area contributed by atoms with Crippen LogP contribution in [-0.4, -0.2) is 25.2 Å². The smallest absolute Gasteiger partial charge is 0.240 e. The van der Waals surface area contributed by atoms with Gasteiger partial charge in [-0.2, -0.15) is 0 Å². The Bertz CT molecular complexity index is 750. The molecule has 0 atom stereocenters. The van der Waals surface area contributed by atoms with Crippen LogP contribution < -0.4 is 5.32 Å². The van der Waals surface area contributed by atoms with Gasteiger partial charge in [-0.05, 0) is 25.0 Å². The van der Waals surface area contributed by atoms with Gasteiger partial charge in [0.2, 0.25) is 5.91 Å². The Hall–Kier alpha value is -2.15. The first-order valence-electron chi connectivity index (χ1n) is 6.34. The van der Waals surface area contributed by atoms with Crippen molar-refractivity contribution in [3.05, 3.63) is 47.2 Å². The van der Waals surface area contributed by atoms with E-state index in [4.69, 9.17) is 4.52 Å². The van der Waals surface area contributed by atoms with E-state index in [9.17, 15) is 13.2 Å². The molecule has 0 unspecified atom stereocenters. The largest absolute Gasteiger partial charge is 0.360 e. The molecule has 0 fully saturated rings. The molecular weight excluding hydrogens is 292 g/mol. The Morgan fingerprint density at radius 2 is 2.00 bits per heavy atom. The third-order valence-electron chi connectivity index (χ3n) is 2.88. The van der Waals surface area contributed by atoms with Crippen molar-refractivity contribution in [1.82, 2.24) is 5.16 Å². The standard InChI is InChI=1S/C14H16N2O4S/c1-10-5-3-4-6-12(10)8-21(18,19)9-14(17)15-13-7-11(2)20-16-13/h3-7H,8-9H2,1-2H3,(H,15,16,17). The van der Waals surface area contributed by atoms with Crippen molar-refractivity contribution in [2.24, 2.45) is 0 Å². The van der Waals surface area contributed by atoms with Crippen molar-refractivity contribution >= 4 is 21.6 Å². The van der Waals surface area contributed by atoms with Gasteiger partial charge in [0.05, 0.1) is 5.75 Å². The summed E-state index contributed by atoms with van der Waals surface area (Å²) in [6.45, 7) is 3.51. The molecule has 1 amide bonds. The van der Waals surface area contributed by atoms with E-state index < -0.39 is 21.5 Å². The molecule has 0 spiro atoms. The number of amides is 1. The van der Waals surface area contributed by atoms with Crippen LogP contribution in [0.4, 0.5) is 5.82 Å². The highest BCUT2D eigenvalue weighted by molar-refractivity contribution is 7.91. The number of aryl methyl sites for hydroxylation is 2. The Morgan fingerprint density at radius 3 is 2.62 bits per heavy atom. The number of nitrogens with zero attached hydrogens (tertiary/aromatic N) is 1. The lowest BCUT2D eigenvalue weighted by Crippen LogP contribution is -2.24. The zero-order valence-corrected chi connectivity index (χ0v) is 12.6. The van der Waals surface area contributed by atoms with Gasteiger partial charge in [-0.3, -0.25) is 4.79 Å². The summed E-state index contributed by atoms with van der Waals surface area (Å²) in [4.78, 5) is 11.7. The maximum Gasteiger partial charge on any atom is 0.240 e. The summed E-state index contributed by atoms with van der Waals surface area (Å²) in [6.07, 6.45) is 0. The fourth-order valence-electron chi connectivity index (χ4n) is 1.86. The molecule has 1 aromatic carbocycles. The molecule has 1 aromatic heterocycles. The van der Waals surface area contributed by atoms with E-state index in [0.29, 0.717) is 11.3 Å². The number of hydrogen-bond donors (Lipinski definition) is 1. The summed E-state index contributed by atoms with van der Waals surface area (Å²) >= 11 is 0. The minimum absolute atomic E-state index is 0.162. The SMILES string of the molecule is Cc1cc(NC(=O)CS(=O)(=O)Cc2ccccc2C)no1. The molecule has 0 aliphatic heterocycles. The first-order valence-corrected chi connectivity index (χ1v) is 8.16. The Labute approximate surface area is 123 Å². The Kier molecular flexibility index (Phi) is 4.42. The maximum absolute atomic E-state index is 12.1. The number of aromatic nitrogens is 1.